The van der Waals surface area contributed by atoms with Crippen LogP contribution in [0, 0.1) is 23.2 Å². The van der Waals surface area contributed by atoms with Crippen LogP contribution < -0.4 is 5.32 Å². The van der Waals surface area contributed by atoms with Crippen molar-refractivity contribution in [2.24, 2.45) is 11.8 Å². The Morgan fingerprint density at radius 2 is 2.27 bits per heavy atom. The molecule has 2 saturated heterocycles. The van der Waals surface area contributed by atoms with E-state index >= 15 is 0 Å². The Kier molecular flexibility index (Phi) is 5.08. The largest absolute Gasteiger partial charge is 0.379 e. The Balaban J connectivity index is 1.59. The number of nitriles is 1. The number of aromatic amines is 1. The standard InChI is InChI=1S/C16H25N5O/c1-12(2-3-21-4-6-22-7-5-21)14-10-18-11-15(14)16-13(8-17)9-19-20-16/h9,12,14-15,18H,2-7,10-11H2,1H3,(H,19,20)/t12-,14+,15?/m0/s1. The zero-order chi connectivity index (χ0) is 15.4. The molecule has 2 aliphatic rings. The van der Waals surface area contributed by atoms with Crippen LogP contribution in [0.5, 0.6) is 0 Å². The van der Waals surface area contributed by atoms with Crippen LogP contribution in [0.4, 0.5) is 0 Å². The van der Waals surface area contributed by atoms with E-state index in [1.807, 2.05) is 0 Å². The number of ether oxygens (including phenoxy) is 1. The molecule has 1 aromatic heterocycles. The summed E-state index contributed by atoms with van der Waals surface area (Å²) in [6.45, 7) is 9.28. The van der Waals surface area contributed by atoms with Crippen molar-refractivity contribution in [1.82, 2.24) is 20.4 Å². The highest BCUT2D eigenvalue weighted by Crippen LogP contribution is 2.35. The molecule has 3 rings (SSSR count). The van der Waals surface area contributed by atoms with E-state index in [1.165, 1.54) is 6.42 Å². The molecule has 1 aromatic rings. The van der Waals surface area contributed by atoms with Gasteiger partial charge in [-0.2, -0.15) is 10.4 Å². The third kappa shape index (κ3) is 3.32. The average molecular weight is 303 g/mol. The first-order chi connectivity index (χ1) is 10.8. The number of aromatic nitrogens is 2. The predicted molar refractivity (Wildman–Crippen MR) is 83.4 cm³/mol. The summed E-state index contributed by atoms with van der Waals surface area (Å²) >= 11 is 0. The van der Waals surface area contributed by atoms with Crippen molar-refractivity contribution in [1.29, 1.82) is 5.26 Å². The predicted octanol–water partition coefficient (Wildman–Crippen LogP) is 0.943. The number of morpholine rings is 1. The quantitative estimate of drug-likeness (QED) is 0.846. The van der Waals surface area contributed by atoms with Crippen molar-refractivity contribution in [3.63, 3.8) is 0 Å². The lowest BCUT2D eigenvalue weighted by atomic mass is 9.80. The van der Waals surface area contributed by atoms with Gasteiger partial charge in [-0.15, -0.1) is 0 Å². The van der Waals surface area contributed by atoms with Crippen LogP contribution in [-0.4, -0.2) is 61.0 Å². The molecule has 0 amide bonds. The summed E-state index contributed by atoms with van der Waals surface area (Å²) in [6.07, 6.45) is 2.84. The van der Waals surface area contributed by atoms with E-state index in [4.69, 9.17) is 4.74 Å². The van der Waals surface area contributed by atoms with E-state index in [2.05, 4.69) is 33.4 Å². The van der Waals surface area contributed by atoms with Crippen LogP contribution in [0.25, 0.3) is 0 Å². The Morgan fingerprint density at radius 1 is 1.45 bits per heavy atom. The van der Waals surface area contributed by atoms with Crippen molar-refractivity contribution >= 4 is 0 Å². The topological polar surface area (TPSA) is 77.0 Å². The van der Waals surface area contributed by atoms with Crippen LogP contribution in [-0.2, 0) is 4.74 Å². The molecule has 2 aliphatic heterocycles. The maximum atomic E-state index is 9.22. The smallest absolute Gasteiger partial charge is 0.103 e. The summed E-state index contributed by atoms with van der Waals surface area (Å²) in [6, 6.07) is 2.25. The molecule has 1 unspecified atom stereocenters. The van der Waals surface area contributed by atoms with Crippen LogP contribution in [0.15, 0.2) is 6.20 Å². The molecule has 120 valence electrons. The van der Waals surface area contributed by atoms with E-state index in [9.17, 15) is 5.26 Å². The van der Waals surface area contributed by atoms with Gasteiger partial charge in [0.1, 0.15) is 6.07 Å². The summed E-state index contributed by atoms with van der Waals surface area (Å²) in [5, 5.41) is 19.8. The SMILES string of the molecule is C[C@@H](CCN1CCOCC1)[C@H]1CNCC1c1[nH]ncc1C#N. The van der Waals surface area contributed by atoms with Gasteiger partial charge < -0.3 is 10.1 Å². The summed E-state index contributed by atoms with van der Waals surface area (Å²) in [5.74, 6) is 1.56. The van der Waals surface area contributed by atoms with Gasteiger partial charge >= 0.3 is 0 Å². The molecule has 6 heteroatoms. The monoisotopic (exact) mass is 303 g/mol. The van der Waals surface area contributed by atoms with E-state index in [1.54, 1.807) is 6.20 Å². The van der Waals surface area contributed by atoms with Crippen LogP contribution >= 0.6 is 0 Å². The van der Waals surface area contributed by atoms with Gasteiger partial charge in [0.25, 0.3) is 0 Å². The lowest BCUT2D eigenvalue weighted by molar-refractivity contribution is 0.0345. The highest BCUT2D eigenvalue weighted by Gasteiger charge is 2.34. The van der Waals surface area contributed by atoms with E-state index in [0.29, 0.717) is 23.3 Å². The fraction of sp³-hybridized carbons (Fsp3) is 0.750. The molecule has 0 bridgehead atoms. The Labute approximate surface area is 131 Å². The first-order valence-corrected chi connectivity index (χ1v) is 8.23. The van der Waals surface area contributed by atoms with E-state index < -0.39 is 0 Å². The zero-order valence-electron chi connectivity index (χ0n) is 13.2. The van der Waals surface area contributed by atoms with Gasteiger partial charge in [-0.25, -0.2) is 0 Å². The third-order valence-electron chi connectivity index (χ3n) is 5.16. The highest BCUT2D eigenvalue weighted by atomic mass is 16.5. The lowest BCUT2D eigenvalue weighted by Crippen LogP contribution is -2.38. The minimum atomic E-state index is 0.372. The Morgan fingerprint density at radius 3 is 3.05 bits per heavy atom. The van der Waals surface area contributed by atoms with Crippen LogP contribution in [0.1, 0.15) is 30.5 Å². The molecule has 0 saturated carbocycles. The zero-order valence-corrected chi connectivity index (χ0v) is 13.2. The molecule has 0 spiro atoms. The summed E-state index contributed by atoms with van der Waals surface area (Å²) < 4.78 is 5.40. The highest BCUT2D eigenvalue weighted by molar-refractivity contribution is 5.34. The fourth-order valence-corrected chi connectivity index (χ4v) is 3.71. The summed E-state index contributed by atoms with van der Waals surface area (Å²) in [5.41, 5.74) is 1.70. The molecule has 22 heavy (non-hydrogen) atoms. The minimum Gasteiger partial charge on any atom is -0.379 e. The molecule has 2 fully saturated rings. The van der Waals surface area contributed by atoms with Crippen molar-refractivity contribution in [3.05, 3.63) is 17.5 Å². The molecule has 0 aromatic carbocycles. The Bertz CT molecular complexity index is 517. The van der Waals surface area contributed by atoms with Gasteiger partial charge in [0, 0.05) is 25.6 Å². The van der Waals surface area contributed by atoms with Crippen molar-refractivity contribution < 1.29 is 4.74 Å². The van der Waals surface area contributed by atoms with E-state index in [0.717, 1.165) is 51.6 Å². The third-order valence-corrected chi connectivity index (χ3v) is 5.16. The summed E-state index contributed by atoms with van der Waals surface area (Å²) in [7, 11) is 0. The van der Waals surface area contributed by atoms with E-state index in [-0.39, 0.29) is 0 Å². The maximum Gasteiger partial charge on any atom is 0.103 e. The number of H-pyrrole nitrogens is 1. The van der Waals surface area contributed by atoms with Crippen molar-refractivity contribution in [3.8, 4) is 6.07 Å². The number of hydrogen-bond donors (Lipinski definition) is 2. The maximum absolute atomic E-state index is 9.22. The first-order valence-electron chi connectivity index (χ1n) is 8.23. The normalized spacial score (nSPS) is 27.6. The van der Waals surface area contributed by atoms with Gasteiger partial charge in [0.15, 0.2) is 0 Å². The molecule has 0 aliphatic carbocycles. The fourth-order valence-electron chi connectivity index (χ4n) is 3.71. The molecule has 6 nitrogen and oxygen atoms in total. The van der Waals surface area contributed by atoms with Gasteiger partial charge in [0.05, 0.1) is 30.7 Å². The second-order valence-electron chi connectivity index (χ2n) is 6.46. The minimum absolute atomic E-state index is 0.372. The second-order valence-corrected chi connectivity index (χ2v) is 6.46. The van der Waals surface area contributed by atoms with Crippen LogP contribution in [0.3, 0.4) is 0 Å². The summed E-state index contributed by atoms with van der Waals surface area (Å²) in [4.78, 5) is 2.49. The van der Waals surface area contributed by atoms with Gasteiger partial charge in [-0.3, -0.25) is 10.00 Å². The first kappa shape index (κ1) is 15.5. The van der Waals surface area contributed by atoms with Crippen molar-refractivity contribution in [2.45, 2.75) is 19.3 Å². The molecular formula is C16H25N5O. The molecule has 0 radical (unpaired) electrons. The molecule has 3 atom stereocenters. The molecular weight excluding hydrogens is 278 g/mol. The van der Waals surface area contributed by atoms with Gasteiger partial charge in [0.2, 0.25) is 0 Å². The second kappa shape index (κ2) is 7.23. The van der Waals surface area contributed by atoms with Gasteiger partial charge in [-0.05, 0) is 31.3 Å². The molecule has 2 N–H and O–H groups in total. The number of hydrogen-bond acceptors (Lipinski definition) is 5. The van der Waals surface area contributed by atoms with Gasteiger partial charge in [-0.1, -0.05) is 6.92 Å². The average Bonchev–Trinajstić information content (AvgIpc) is 3.21. The number of nitrogens with zero attached hydrogens (tertiary/aromatic N) is 3. The lowest BCUT2D eigenvalue weighted by Gasteiger charge is -2.30. The Hall–Kier alpha value is -1.42. The van der Waals surface area contributed by atoms with Crippen LogP contribution in [0.2, 0.25) is 0 Å². The molecule has 3 heterocycles. The van der Waals surface area contributed by atoms with Crippen molar-refractivity contribution in [2.75, 3.05) is 45.9 Å². The number of nitrogens with one attached hydrogen (secondary N) is 2. The number of rotatable bonds is 5.